The summed E-state index contributed by atoms with van der Waals surface area (Å²) in [6.07, 6.45) is 0. The third-order valence-corrected chi connectivity index (χ3v) is 4.12. The van der Waals surface area contributed by atoms with Crippen LogP contribution in [0.1, 0.15) is 11.8 Å². The number of hydrogen-bond donors (Lipinski definition) is 0. The highest BCUT2D eigenvalue weighted by atomic mass is 79.9. The predicted octanol–water partition coefficient (Wildman–Crippen LogP) is 3.62. The van der Waals surface area contributed by atoms with Gasteiger partial charge in [-0.2, -0.15) is 0 Å². The Morgan fingerprint density at radius 3 is 2.75 bits per heavy atom. The quantitative estimate of drug-likeness (QED) is 0.809. The van der Waals surface area contributed by atoms with Crippen LogP contribution < -0.4 is 0 Å². The van der Waals surface area contributed by atoms with Crippen molar-refractivity contribution in [1.29, 1.82) is 0 Å². The summed E-state index contributed by atoms with van der Waals surface area (Å²) < 4.78 is 1.85. The van der Waals surface area contributed by atoms with E-state index in [1.54, 1.807) is 11.3 Å². The van der Waals surface area contributed by atoms with Crippen molar-refractivity contribution in [3.63, 3.8) is 0 Å². The second kappa shape index (κ2) is 4.61. The minimum Gasteiger partial charge on any atom is -0.302 e. The monoisotopic (exact) mass is 267 g/mol. The van der Waals surface area contributed by atoms with E-state index < -0.39 is 0 Å². The molecular weight excluding hydrogens is 258 g/mol. The van der Waals surface area contributed by atoms with Gasteiger partial charge in [0.1, 0.15) is 4.34 Å². The van der Waals surface area contributed by atoms with E-state index in [2.05, 4.69) is 40.9 Å². The normalized spacial score (nSPS) is 11.1. The summed E-state index contributed by atoms with van der Waals surface area (Å²) in [6, 6.07) is 2.08. The van der Waals surface area contributed by atoms with Crippen LogP contribution in [0.4, 0.5) is 0 Å². The summed E-state index contributed by atoms with van der Waals surface area (Å²) in [4.78, 5) is 3.55. The third-order valence-electron chi connectivity index (χ3n) is 1.66. The standard InChI is InChI=1S/C8H11BrClNS/c1-3-11(2)5-6-4-7(9)8(10)12-6/h4H,3,5H2,1-2H3. The predicted molar refractivity (Wildman–Crippen MR) is 59.0 cm³/mol. The van der Waals surface area contributed by atoms with Crippen molar-refractivity contribution in [2.75, 3.05) is 13.6 Å². The maximum atomic E-state index is 5.91. The van der Waals surface area contributed by atoms with Crippen molar-refractivity contribution >= 4 is 38.9 Å². The summed E-state index contributed by atoms with van der Waals surface area (Å²) in [5, 5.41) is 0. The first-order chi connectivity index (χ1) is 5.63. The molecule has 0 unspecified atom stereocenters. The molecule has 0 aromatic carbocycles. The van der Waals surface area contributed by atoms with Crippen molar-refractivity contribution in [3.05, 3.63) is 19.8 Å². The van der Waals surface area contributed by atoms with Gasteiger partial charge >= 0.3 is 0 Å². The summed E-state index contributed by atoms with van der Waals surface area (Å²) >= 11 is 10.9. The molecule has 1 nitrogen and oxygen atoms in total. The summed E-state index contributed by atoms with van der Waals surface area (Å²) in [5.74, 6) is 0. The van der Waals surface area contributed by atoms with E-state index in [0.29, 0.717) is 0 Å². The van der Waals surface area contributed by atoms with Crippen LogP contribution in [-0.4, -0.2) is 18.5 Å². The Balaban J connectivity index is 2.64. The lowest BCUT2D eigenvalue weighted by atomic mass is 10.4. The average molecular weight is 269 g/mol. The van der Waals surface area contributed by atoms with Crippen molar-refractivity contribution in [3.8, 4) is 0 Å². The largest absolute Gasteiger partial charge is 0.302 e. The first-order valence-corrected chi connectivity index (χ1v) is 5.74. The average Bonchev–Trinajstić information content (AvgIpc) is 2.31. The third kappa shape index (κ3) is 2.73. The van der Waals surface area contributed by atoms with Crippen molar-refractivity contribution in [1.82, 2.24) is 4.90 Å². The Kier molecular flexibility index (Phi) is 4.03. The molecule has 68 valence electrons. The van der Waals surface area contributed by atoms with Gasteiger partial charge in [-0.05, 0) is 35.6 Å². The van der Waals surface area contributed by atoms with Crippen LogP contribution in [0.15, 0.2) is 10.5 Å². The summed E-state index contributed by atoms with van der Waals surface area (Å²) in [6.45, 7) is 4.18. The molecule has 0 aliphatic carbocycles. The van der Waals surface area contributed by atoms with Gasteiger partial charge in [-0.15, -0.1) is 11.3 Å². The van der Waals surface area contributed by atoms with E-state index in [9.17, 15) is 0 Å². The number of rotatable bonds is 3. The van der Waals surface area contributed by atoms with Crippen LogP contribution >= 0.6 is 38.9 Å². The molecule has 0 saturated carbocycles. The van der Waals surface area contributed by atoms with Crippen molar-refractivity contribution in [2.45, 2.75) is 13.5 Å². The van der Waals surface area contributed by atoms with Crippen LogP contribution in [0.5, 0.6) is 0 Å². The molecule has 0 aliphatic heterocycles. The van der Waals surface area contributed by atoms with Gasteiger partial charge in [0.25, 0.3) is 0 Å². The zero-order valence-electron chi connectivity index (χ0n) is 7.10. The lowest BCUT2D eigenvalue weighted by Gasteiger charge is -2.11. The Morgan fingerprint density at radius 2 is 2.33 bits per heavy atom. The van der Waals surface area contributed by atoms with Crippen LogP contribution in [0.25, 0.3) is 0 Å². The molecule has 0 atom stereocenters. The molecule has 0 bridgehead atoms. The molecule has 1 aromatic rings. The van der Waals surface area contributed by atoms with E-state index in [-0.39, 0.29) is 0 Å². The fourth-order valence-corrected chi connectivity index (χ4v) is 2.72. The van der Waals surface area contributed by atoms with Gasteiger partial charge < -0.3 is 4.90 Å². The smallest absolute Gasteiger partial charge is 0.107 e. The van der Waals surface area contributed by atoms with E-state index in [4.69, 9.17) is 11.6 Å². The van der Waals surface area contributed by atoms with Gasteiger partial charge in [0.15, 0.2) is 0 Å². The Bertz CT molecular complexity index is 242. The van der Waals surface area contributed by atoms with Gasteiger partial charge in [0, 0.05) is 15.9 Å². The van der Waals surface area contributed by atoms with Gasteiger partial charge in [-0.25, -0.2) is 0 Å². The lowest BCUT2D eigenvalue weighted by molar-refractivity contribution is 0.349. The first kappa shape index (κ1) is 10.5. The molecule has 0 amide bonds. The van der Waals surface area contributed by atoms with Crippen molar-refractivity contribution < 1.29 is 0 Å². The van der Waals surface area contributed by atoms with Crippen LogP contribution in [0.3, 0.4) is 0 Å². The zero-order valence-corrected chi connectivity index (χ0v) is 10.3. The molecule has 4 heteroatoms. The van der Waals surface area contributed by atoms with Crippen LogP contribution in [-0.2, 0) is 6.54 Å². The van der Waals surface area contributed by atoms with E-state index in [0.717, 1.165) is 21.9 Å². The zero-order chi connectivity index (χ0) is 9.14. The molecule has 12 heavy (non-hydrogen) atoms. The van der Waals surface area contributed by atoms with Crippen LogP contribution in [0.2, 0.25) is 4.34 Å². The van der Waals surface area contributed by atoms with E-state index in [1.807, 2.05) is 0 Å². The van der Waals surface area contributed by atoms with Gasteiger partial charge in [-0.1, -0.05) is 18.5 Å². The van der Waals surface area contributed by atoms with E-state index in [1.165, 1.54) is 4.88 Å². The number of hydrogen-bond acceptors (Lipinski definition) is 2. The SMILES string of the molecule is CCN(C)Cc1cc(Br)c(Cl)s1. The lowest BCUT2D eigenvalue weighted by Crippen LogP contribution is -2.15. The molecule has 0 aliphatic rings. The Morgan fingerprint density at radius 1 is 1.67 bits per heavy atom. The molecule has 0 spiro atoms. The molecule has 0 radical (unpaired) electrons. The van der Waals surface area contributed by atoms with Crippen molar-refractivity contribution in [2.24, 2.45) is 0 Å². The van der Waals surface area contributed by atoms with Crippen LogP contribution in [0, 0.1) is 0 Å². The molecular formula is C8H11BrClNS. The highest BCUT2D eigenvalue weighted by Gasteiger charge is 2.05. The highest BCUT2D eigenvalue weighted by Crippen LogP contribution is 2.32. The minimum absolute atomic E-state index is 0.842. The maximum absolute atomic E-state index is 5.91. The second-order valence-electron chi connectivity index (χ2n) is 2.66. The number of nitrogens with zero attached hydrogens (tertiary/aromatic N) is 1. The Hall–Kier alpha value is 0.430. The Labute approximate surface area is 90.5 Å². The summed E-state index contributed by atoms with van der Waals surface area (Å²) in [7, 11) is 2.10. The molecule has 0 N–H and O–H groups in total. The highest BCUT2D eigenvalue weighted by molar-refractivity contribution is 9.10. The minimum atomic E-state index is 0.842. The second-order valence-corrected chi connectivity index (χ2v) is 5.26. The van der Waals surface area contributed by atoms with Gasteiger partial charge in [0.05, 0.1) is 0 Å². The molecule has 0 saturated heterocycles. The molecule has 1 rings (SSSR count). The van der Waals surface area contributed by atoms with E-state index >= 15 is 0 Å². The fraction of sp³-hybridized carbons (Fsp3) is 0.500. The number of halogens is 2. The number of thiophene rings is 1. The topological polar surface area (TPSA) is 3.24 Å². The molecule has 0 fully saturated rings. The maximum Gasteiger partial charge on any atom is 0.107 e. The first-order valence-electron chi connectivity index (χ1n) is 3.75. The molecule has 1 aromatic heterocycles. The fourth-order valence-electron chi connectivity index (χ4n) is 0.847. The molecule has 1 heterocycles. The van der Waals surface area contributed by atoms with Gasteiger partial charge in [-0.3, -0.25) is 0 Å². The van der Waals surface area contributed by atoms with Gasteiger partial charge in [0.2, 0.25) is 0 Å². The summed E-state index contributed by atoms with van der Waals surface area (Å²) in [5.41, 5.74) is 0.